The van der Waals surface area contributed by atoms with Crippen LogP contribution in [0.15, 0.2) is 10.8 Å². The summed E-state index contributed by atoms with van der Waals surface area (Å²) in [7, 11) is 0. The molecule has 0 saturated heterocycles. The van der Waals surface area contributed by atoms with Gasteiger partial charge < -0.3 is 5.32 Å². The van der Waals surface area contributed by atoms with Gasteiger partial charge in [0.1, 0.15) is 0 Å². The molecule has 0 radical (unpaired) electrons. The highest BCUT2D eigenvalue weighted by Crippen LogP contribution is 2.30. The number of nitrogens with one attached hydrogen (secondary N) is 1. The third kappa shape index (κ3) is 3.71. The molecule has 0 fully saturated rings. The maximum atomic E-state index is 11.9. The minimum Gasteiger partial charge on any atom is -0.355 e. The highest BCUT2D eigenvalue weighted by Gasteiger charge is 2.15. The number of amides is 1. The number of thiophene rings is 1. The van der Waals surface area contributed by atoms with E-state index in [0.29, 0.717) is 6.42 Å². The van der Waals surface area contributed by atoms with Crippen LogP contribution in [0.25, 0.3) is 0 Å². The second-order valence-corrected chi connectivity index (χ2v) is 7.53. The molecule has 0 spiro atoms. The largest absolute Gasteiger partial charge is 0.355 e. The minimum absolute atomic E-state index is 0.0735. The van der Waals surface area contributed by atoms with E-state index in [1.54, 1.807) is 21.8 Å². The smallest absolute Gasteiger partial charge is 0.226 e. The predicted octanol–water partition coefficient (Wildman–Crippen LogP) is 3.29. The third-order valence-corrected chi connectivity index (χ3v) is 5.83. The molecule has 112 valence electrons. The van der Waals surface area contributed by atoms with Gasteiger partial charge in [-0.15, -0.1) is 22.7 Å². The fourth-order valence-corrected chi connectivity index (χ4v) is 4.62. The second kappa shape index (κ2) is 6.71. The molecule has 0 bridgehead atoms. The number of hydrogen-bond acceptors (Lipinski definition) is 4. The number of hydrogen-bond donors (Lipinski definition) is 1. The number of thiazole rings is 1. The summed E-state index contributed by atoms with van der Waals surface area (Å²) >= 11 is 3.49. The van der Waals surface area contributed by atoms with Crippen LogP contribution in [0.3, 0.4) is 0 Å². The normalized spacial score (nSPS) is 14.0. The fourth-order valence-electron chi connectivity index (χ4n) is 2.82. The molecule has 1 aliphatic rings. The zero-order valence-electron chi connectivity index (χ0n) is 12.3. The Bertz CT molecular complexity index is 630. The van der Waals surface area contributed by atoms with Gasteiger partial charge in [0.15, 0.2) is 0 Å². The van der Waals surface area contributed by atoms with E-state index in [2.05, 4.69) is 15.7 Å². The molecule has 3 nitrogen and oxygen atoms in total. The molecule has 0 unspecified atom stereocenters. The molecule has 2 aromatic rings. The predicted molar refractivity (Wildman–Crippen MR) is 88.2 cm³/mol. The Morgan fingerprint density at radius 1 is 1.29 bits per heavy atom. The van der Waals surface area contributed by atoms with Gasteiger partial charge in [-0.05, 0) is 55.5 Å². The lowest BCUT2D eigenvalue weighted by Crippen LogP contribution is -2.27. The monoisotopic (exact) mass is 320 g/mol. The number of carbonyl (C=O) groups is 1. The quantitative estimate of drug-likeness (QED) is 0.918. The minimum atomic E-state index is 0.0735. The Kier molecular flexibility index (Phi) is 4.70. The molecule has 1 aliphatic carbocycles. The number of fused-ring (bicyclic) bond motifs is 1. The Morgan fingerprint density at radius 2 is 2.14 bits per heavy atom. The van der Waals surface area contributed by atoms with Crippen molar-refractivity contribution in [1.82, 2.24) is 10.3 Å². The molecule has 3 rings (SSSR count). The second-order valence-electron chi connectivity index (χ2n) is 5.50. The van der Waals surface area contributed by atoms with Gasteiger partial charge in [-0.3, -0.25) is 4.79 Å². The van der Waals surface area contributed by atoms with E-state index >= 15 is 0 Å². The van der Waals surface area contributed by atoms with E-state index < -0.39 is 0 Å². The third-order valence-electron chi connectivity index (χ3n) is 3.87. The Labute approximate surface area is 133 Å². The molecule has 0 aliphatic heterocycles. The number of rotatable bonds is 5. The number of carbonyl (C=O) groups excluding carboxylic acids is 1. The van der Waals surface area contributed by atoms with Crippen molar-refractivity contribution in [3.8, 4) is 0 Å². The van der Waals surface area contributed by atoms with Crippen LogP contribution in [0.1, 0.15) is 39.5 Å². The van der Waals surface area contributed by atoms with E-state index in [1.807, 2.05) is 23.6 Å². The first kappa shape index (κ1) is 14.7. The average Bonchev–Trinajstić information content (AvgIpc) is 3.06. The van der Waals surface area contributed by atoms with Crippen LogP contribution in [0, 0.1) is 6.92 Å². The van der Waals surface area contributed by atoms with Crippen LogP contribution in [-0.2, 0) is 30.5 Å². The summed E-state index contributed by atoms with van der Waals surface area (Å²) in [4.78, 5) is 17.8. The van der Waals surface area contributed by atoms with Crippen LogP contribution in [0.5, 0.6) is 0 Å². The maximum Gasteiger partial charge on any atom is 0.226 e. The summed E-state index contributed by atoms with van der Waals surface area (Å²) in [6.07, 6.45) is 6.46. The van der Waals surface area contributed by atoms with Gasteiger partial charge in [-0.25, -0.2) is 4.98 Å². The zero-order valence-corrected chi connectivity index (χ0v) is 13.9. The molecular weight excluding hydrogens is 300 g/mol. The highest BCUT2D eigenvalue weighted by molar-refractivity contribution is 7.10. The van der Waals surface area contributed by atoms with Crippen LogP contribution in [-0.4, -0.2) is 17.4 Å². The molecule has 0 saturated carbocycles. The van der Waals surface area contributed by atoms with Crippen molar-refractivity contribution in [2.75, 3.05) is 6.54 Å². The first-order valence-corrected chi connectivity index (χ1v) is 9.24. The summed E-state index contributed by atoms with van der Waals surface area (Å²) in [5, 5.41) is 8.28. The molecule has 0 aromatic carbocycles. The first-order chi connectivity index (χ1) is 10.2. The van der Waals surface area contributed by atoms with E-state index in [0.717, 1.165) is 23.7 Å². The standard InChI is InChI=1S/C16H20N2OS2/c1-11-18-13(10-20-11)8-16(19)17-7-6-12-9-21-15-5-3-2-4-14(12)15/h9-10H,2-8H2,1H3,(H,17,19). The summed E-state index contributed by atoms with van der Waals surface area (Å²) in [6.45, 7) is 2.69. The van der Waals surface area contributed by atoms with Gasteiger partial charge in [-0.2, -0.15) is 0 Å². The Morgan fingerprint density at radius 3 is 2.95 bits per heavy atom. The van der Waals surface area contributed by atoms with Crippen LogP contribution >= 0.6 is 22.7 Å². The van der Waals surface area contributed by atoms with Gasteiger partial charge in [0.2, 0.25) is 5.91 Å². The molecule has 1 N–H and O–H groups in total. The molecule has 0 atom stereocenters. The lowest BCUT2D eigenvalue weighted by Gasteiger charge is -2.13. The Balaban J connectivity index is 1.47. The topological polar surface area (TPSA) is 42.0 Å². The van der Waals surface area contributed by atoms with Crippen molar-refractivity contribution in [3.05, 3.63) is 37.5 Å². The fraction of sp³-hybridized carbons (Fsp3) is 0.500. The number of nitrogens with zero attached hydrogens (tertiary/aromatic N) is 1. The molecule has 2 heterocycles. The van der Waals surface area contributed by atoms with E-state index in [1.165, 1.54) is 31.2 Å². The summed E-state index contributed by atoms with van der Waals surface area (Å²) in [5.41, 5.74) is 3.89. The molecule has 5 heteroatoms. The first-order valence-electron chi connectivity index (χ1n) is 7.48. The molecule has 21 heavy (non-hydrogen) atoms. The van der Waals surface area contributed by atoms with Gasteiger partial charge in [0, 0.05) is 16.8 Å². The van der Waals surface area contributed by atoms with E-state index in [9.17, 15) is 4.79 Å². The van der Waals surface area contributed by atoms with Gasteiger partial charge >= 0.3 is 0 Å². The van der Waals surface area contributed by atoms with Crippen molar-refractivity contribution in [3.63, 3.8) is 0 Å². The lowest BCUT2D eigenvalue weighted by molar-refractivity contribution is -0.120. The zero-order chi connectivity index (χ0) is 14.7. The maximum absolute atomic E-state index is 11.9. The summed E-state index contributed by atoms with van der Waals surface area (Å²) in [6, 6.07) is 0. The van der Waals surface area contributed by atoms with Crippen molar-refractivity contribution >= 4 is 28.6 Å². The van der Waals surface area contributed by atoms with Gasteiger partial charge in [0.05, 0.1) is 17.1 Å². The SMILES string of the molecule is Cc1nc(CC(=O)NCCc2csc3c2CCCC3)cs1. The van der Waals surface area contributed by atoms with Crippen molar-refractivity contribution in [2.24, 2.45) is 0 Å². The molecule has 1 amide bonds. The number of aromatic nitrogens is 1. The van der Waals surface area contributed by atoms with Gasteiger partial charge in [-0.1, -0.05) is 0 Å². The lowest BCUT2D eigenvalue weighted by atomic mass is 9.95. The summed E-state index contributed by atoms with van der Waals surface area (Å²) < 4.78 is 0. The van der Waals surface area contributed by atoms with Crippen molar-refractivity contribution in [2.45, 2.75) is 45.4 Å². The highest BCUT2D eigenvalue weighted by atomic mass is 32.1. The van der Waals surface area contributed by atoms with E-state index in [-0.39, 0.29) is 5.91 Å². The van der Waals surface area contributed by atoms with Crippen molar-refractivity contribution in [1.29, 1.82) is 0 Å². The van der Waals surface area contributed by atoms with Gasteiger partial charge in [0.25, 0.3) is 0 Å². The van der Waals surface area contributed by atoms with Crippen molar-refractivity contribution < 1.29 is 4.79 Å². The van der Waals surface area contributed by atoms with Crippen LogP contribution in [0.2, 0.25) is 0 Å². The van der Waals surface area contributed by atoms with E-state index in [4.69, 9.17) is 0 Å². The molecular formula is C16H20N2OS2. The van der Waals surface area contributed by atoms with Crippen LogP contribution in [0.4, 0.5) is 0 Å². The molecule has 2 aromatic heterocycles. The average molecular weight is 320 g/mol. The summed E-state index contributed by atoms with van der Waals surface area (Å²) in [5.74, 6) is 0.0735. The van der Waals surface area contributed by atoms with Crippen LogP contribution < -0.4 is 5.32 Å². The number of aryl methyl sites for hydroxylation is 2. The Hall–Kier alpha value is -1.20.